The number of carbonyl (C=O) groups is 1. The summed E-state index contributed by atoms with van der Waals surface area (Å²) in [6.45, 7) is 1.93. The Kier molecular flexibility index (Phi) is 3.47. The predicted octanol–water partition coefficient (Wildman–Crippen LogP) is 2.27. The highest BCUT2D eigenvalue weighted by molar-refractivity contribution is 7.07. The molecule has 1 aromatic heterocycles. The quantitative estimate of drug-likeness (QED) is 0.549. The van der Waals surface area contributed by atoms with Gasteiger partial charge >= 0.3 is 5.97 Å². The molecule has 4 heteroatoms. The van der Waals surface area contributed by atoms with E-state index in [4.69, 9.17) is 5.26 Å². The molecule has 68 valence electrons. The van der Waals surface area contributed by atoms with Gasteiger partial charge in [-0.15, -0.1) is 5.26 Å². The number of ether oxygens (including phenoxy) is 1. The van der Waals surface area contributed by atoms with E-state index in [1.54, 1.807) is 11.3 Å². The zero-order chi connectivity index (χ0) is 9.68. The highest BCUT2D eigenvalue weighted by Crippen LogP contribution is 2.21. The van der Waals surface area contributed by atoms with Crippen molar-refractivity contribution in [2.24, 2.45) is 0 Å². The fourth-order valence-corrected chi connectivity index (χ4v) is 1.80. The molecule has 0 aliphatic rings. The second kappa shape index (κ2) is 4.63. The molecule has 0 spiro atoms. The molecular weight excluding hydrogens is 186 g/mol. The lowest BCUT2D eigenvalue weighted by molar-refractivity contribution is -0.137. The Morgan fingerprint density at radius 1 is 1.85 bits per heavy atom. The minimum Gasteiger partial charge on any atom is -0.351 e. The minimum atomic E-state index is -0.471. The predicted molar refractivity (Wildman–Crippen MR) is 49.1 cm³/mol. The smallest absolute Gasteiger partial charge is 0.322 e. The molecule has 0 fully saturated rings. The first-order valence-electron chi connectivity index (χ1n) is 3.85. The summed E-state index contributed by atoms with van der Waals surface area (Å²) in [7, 11) is 0. The molecule has 1 heterocycles. The Hall–Kier alpha value is -1.34. The lowest BCUT2D eigenvalue weighted by Crippen LogP contribution is -2.04. The van der Waals surface area contributed by atoms with Crippen LogP contribution in [0.4, 0.5) is 0 Å². The molecule has 1 aromatic rings. The first-order chi connectivity index (χ1) is 6.24. The monoisotopic (exact) mass is 195 g/mol. The van der Waals surface area contributed by atoms with Crippen molar-refractivity contribution in [3.05, 3.63) is 22.4 Å². The third kappa shape index (κ3) is 2.88. The summed E-state index contributed by atoms with van der Waals surface area (Å²) in [5.41, 5.74) is 1.11. The van der Waals surface area contributed by atoms with Gasteiger partial charge in [0.2, 0.25) is 0 Å². The van der Waals surface area contributed by atoms with Gasteiger partial charge in [-0.1, -0.05) is 6.92 Å². The zero-order valence-corrected chi connectivity index (χ0v) is 8.00. The summed E-state index contributed by atoms with van der Waals surface area (Å²) in [6.07, 6.45) is 1.63. The number of nitriles is 1. The van der Waals surface area contributed by atoms with Gasteiger partial charge in [0.25, 0.3) is 6.26 Å². The van der Waals surface area contributed by atoms with E-state index >= 15 is 0 Å². The van der Waals surface area contributed by atoms with E-state index in [0.29, 0.717) is 0 Å². The summed E-state index contributed by atoms with van der Waals surface area (Å²) in [5.74, 6) is -0.353. The van der Waals surface area contributed by atoms with E-state index < -0.39 is 5.97 Å². The van der Waals surface area contributed by atoms with Gasteiger partial charge in [0.05, 0.1) is 6.42 Å². The summed E-state index contributed by atoms with van der Waals surface area (Å²) < 4.78 is 4.18. The average Bonchev–Trinajstić information content (AvgIpc) is 2.55. The summed E-state index contributed by atoms with van der Waals surface area (Å²) >= 11 is 1.59. The van der Waals surface area contributed by atoms with E-state index in [2.05, 4.69) is 4.74 Å². The van der Waals surface area contributed by atoms with Crippen LogP contribution in [0.2, 0.25) is 0 Å². The molecule has 3 nitrogen and oxygen atoms in total. The van der Waals surface area contributed by atoms with Crippen molar-refractivity contribution in [3.8, 4) is 6.26 Å². The van der Waals surface area contributed by atoms with E-state index in [9.17, 15) is 4.79 Å². The Bertz CT molecular complexity index is 313. The Morgan fingerprint density at radius 3 is 3.15 bits per heavy atom. The van der Waals surface area contributed by atoms with Gasteiger partial charge in [-0.25, -0.2) is 0 Å². The fraction of sp³-hybridized carbons (Fsp3) is 0.333. The van der Waals surface area contributed by atoms with E-state index in [-0.39, 0.29) is 12.3 Å². The average molecular weight is 195 g/mol. The van der Waals surface area contributed by atoms with Crippen molar-refractivity contribution in [2.45, 2.75) is 19.3 Å². The third-order valence-corrected chi connectivity index (χ3v) is 2.45. The SMILES string of the molecule is CC(CC(=O)OC#N)c1ccsc1. The Labute approximate surface area is 80.6 Å². The number of hydrogen-bond acceptors (Lipinski definition) is 4. The van der Waals surface area contributed by atoms with Crippen LogP contribution in [0.5, 0.6) is 0 Å². The highest BCUT2D eigenvalue weighted by Gasteiger charge is 2.12. The molecule has 1 atom stereocenters. The van der Waals surface area contributed by atoms with Crippen LogP contribution in [0.25, 0.3) is 0 Å². The lowest BCUT2D eigenvalue weighted by Gasteiger charge is -2.05. The van der Waals surface area contributed by atoms with Crippen molar-refractivity contribution in [1.82, 2.24) is 0 Å². The van der Waals surface area contributed by atoms with Crippen LogP contribution in [-0.4, -0.2) is 5.97 Å². The molecule has 1 rings (SSSR count). The molecule has 0 saturated heterocycles. The molecule has 0 bridgehead atoms. The lowest BCUT2D eigenvalue weighted by atomic mass is 10.0. The van der Waals surface area contributed by atoms with Crippen LogP contribution < -0.4 is 0 Å². The highest BCUT2D eigenvalue weighted by atomic mass is 32.1. The van der Waals surface area contributed by atoms with Crippen LogP contribution in [0.15, 0.2) is 16.8 Å². The first kappa shape index (κ1) is 9.75. The standard InChI is InChI=1S/C9H9NO2S/c1-7(4-9(11)12-6-10)8-2-3-13-5-8/h2-3,5,7H,4H2,1H3. The molecule has 0 saturated carbocycles. The summed E-state index contributed by atoms with van der Waals surface area (Å²) in [6, 6.07) is 1.97. The first-order valence-corrected chi connectivity index (χ1v) is 4.79. The van der Waals surface area contributed by atoms with Gasteiger partial charge in [-0.05, 0) is 28.3 Å². The molecule has 1 unspecified atom stereocenters. The molecule has 0 aromatic carbocycles. The fourth-order valence-electron chi connectivity index (χ4n) is 1.02. The van der Waals surface area contributed by atoms with Crippen molar-refractivity contribution in [3.63, 3.8) is 0 Å². The topological polar surface area (TPSA) is 50.1 Å². The van der Waals surface area contributed by atoms with Gasteiger partial charge in [0, 0.05) is 0 Å². The van der Waals surface area contributed by atoms with Gasteiger partial charge in [0.15, 0.2) is 0 Å². The number of hydrogen-bond donors (Lipinski definition) is 0. The largest absolute Gasteiger partial charge is 0.351 e. The van der Waals surface area contributed by atoms with Crippen LogP contribution >= 0.6 is 11.3 Å². The molecule has 0 amide bonds. The summed E-state index contributed by atoms with van der Waals surface area (Å²) in [5, 5.41) is 12.0. The number of esters is 1. The molecule has 13 heavy (non-hydrogen) atoms. The second-order valence-electron chi connectivity index (χ2n) is 2.73. The van der Waals surface area contributed by atoms with E-state index in [1.165, 1.54) is 6.26 Å². The van der Waals surface area contributed by atoms with Crippen LogP contribution in [0, 0.1) is 11.5 Å². The van der Waals surface area contributed by atoms with Crippen LogP contribution in [0.3, 0.4) is 0 Å². The van der Waals surface area contributed by atoms with Crippen molar-refractivity contribution in [1.29, 1.82) is 5.26 Å². The Morgan fingerprint density at radius 2 is 2.62 bits per heavy atom. The van der Waals surface area contributed by atoms with Crippen LogP contribution in [-0.2, 0) is 9.53 Å². The summed E-state index contributed by atoms with van der Waals surface area (Å²) in [4.78, 5) is 10.9. The molecule has 0 aliphatic carbocycles. The van der Waals surface area contributed by atoms with E-state index in [0.717, 1.165) is 5.56 Å². The minimum absolute atomic E-state index is 0.118. The van der Waals surface area contributed by atoms with Crippen molar-refractivity contribution in [2.75, 3.05) is 0 Å². The van der Waals surface area contributed by atoms with Crippen LogP contribution in [0.1, 0.15) is 24.8 Å². The number of nitrogens with zero attached hydrogens (tertiary/aromatic N) is 1. The van der Waals surface area contributed by atoms with E-state index in [1.807, 2.05) is 23.8 Å². The maximum Gasteiger partial charge on any atom is 0.322 e. The normalized spacial score (nSPS) is 11.7. The maximum absolute atomic E-state index is 10.9. The van der Waals surface area contributed by atoms with Crippen molar-refractivity contribution < 1.29 is 9.53 Å². The second-order valence-corrected chi connectivity index (χ2v) is 3.51. The number of carbonyl (C=O) groups excluding carboxylic acids is 1. The molecule has 0 radical (unpaired) electrons. The zero-order valence-electron chi connectivity index (χ0n) is 7.19. The third-order valence-electron chi connectivity index (χ3n) is 1.74. The molecular formula is C9H9NO2S. The van der Waals surface area contributed by atoms with Gasteiger partial charge in [-0.2, -0.15) is 11.3 Å². The van der Waals surface area contributed by atoms with Gasteiger partial charge < -0.3 is 4.74 Å². The number of rotatable bonds is 3. The Balaban J connectivity index is 2.47. The number of thiophene rings is 1. The van der Waals surface area contributed by atoms with Gasteiger partial charge in [-0.3, -0.25) is 4.79 Å². The van der Waals surface area contributed by atoms with Gasteiger partial charge in [0.1, 0.15) is 0 Å². The molecule has 0 aliphatic heterocycles. The maximum atomic E-state index is 10.9. The molecule has 0 N–H and O–H groups in total. The van der Waals surface area contributed by atoms with Crippen molar-refractivity contribution >= 4 is 17.3 Å².